The van der Waals surface area contributed by atoms with E-state index in [1.807, 2.05) is 30.3 Å². The molecule has 9 nitrogen and oxygen atoms in total. The average molecular weight is 741 g/mol. The van der Waals surface area contributed by atoms with Gasteiger partial charge in [0.25, 0.3) is 5.91 Å². The summed E-state index contributed by atoms with van der Waals surface area (Å²) in [5.74, 6) is 0.369. The molecule has 1 unspecified atom stereocenters. The van der Waals surface area contributed by atoms with Crippen LogP contribution in [0.3, 0.4) is 0 Å². The van der Waals surface area contributed by atoms with E-state index in [1.54, 1.807) is 17.0 Å². The van der Waals surface area contributed by atoms with Gasteiger partial charge in [0.15, 0.2) is 0 Å². The molecule has 3 aliphatic heterocycles. The predicted molar refractivity (Wildman–Crippen MR) is 216 cm³/mol. The Morgan fingerprint density at radius 2 is 1.51 bits per heavy atom. The fourth-order valence-electron chi connectivity index (χ4n) is 8.20. The van der Waals surface area contributed by atoms with Gasteiger partial charge in [-0.15, -0.1) is 0 Å². The van der Waals surface area contributed by atoms with Crippen LogP contribution in [0.1, 0.15) is 83.6 Å². The maximum absolute atomic E-state index is 13.1. The highest BCUT2D eigenvalue weighted by Crippen LogP contribution is 2.36. The molecule has 4 aromatic rings. The molecule has 1 atom stereocenters. The number of benzene rings is 4. The number of phenolic OH excluding ortho intramolecular Hbond substituents is 1. The van der Waals surface area contributed by atoms with Crippen molar-refractivity contribution in [2.24, 2.45) is 0 Å². The third-order valence-electron chi connectivity index (χ3n) is 11.2. The van der Waals surface area contributed by atoms with E-state index in [4.69, 9.17) is 4.74 Å². The van der Waals surface area contributed by atoms with Gasteiger partial charge >= 0.3 is 0 Å². The fourth-order valence-corrected chi connectivity index (χ4v) is 8.20. The van der Waals surface area contributed by atoms with E-state index in [2.05, 4.69) is 76.6 Å². The van der Waals surface area contributed by atoms with Gasteiger partial charge in [-0.2, -0.15) is 0 Å². The monoisotopic (exact) mass is 740 g/mol. The van der Waals surface area contributed by atoms with Crippen molar-refractivity contribution >= 4 is 28.9 Å². The topological polar surface area (TPSA) is 102 Å². The summed E-state index contributed by atoms with van der Waals surface area (Å²) in [6.07, 6.45) is 5.67. The summed E-state index contributed by atoms with van der Waals surface area (Å²) < 4.78 is 6.19. The summed E-state index contributed by atoms with van der Waals surface area (Å²) in [6, 6.07) is 31.9. The van der Waals surface area contributed by atoms with Gasteiger partial charge in [-0.3, -0.25) is 19.7 Å². The Morgan fingerprint density at radius 1 is 0.800 bits per heavy atom. The number of carbonyl (C=O) groups is 3. The van der Waals surface area contributed by atoms with Crippen LogP contribution in [0.5, 0.6) is 11.5 Å². The second-order valence-corrected chi connectivity index (χ2v) is 14.9. The largest absolute Gasteiger partial charge is 0.508 e. The van der Waals surface area contributed by atoms with Crippen molar-refractivity contribution in [2.45, 2.75) is 64.5 Å². The van der Waals surface area contributed by atoms with Crippen LogP contribution >= 0.6 is 0 Å². The maximum atomic E-state index is 13.1. The Hall–Kier alpha value is -5.25. The lowest BCUT2D eigenvalue weighted by atomic mass is 9.88. The zero-order valence-electron chi connectivity index (χ0n) is 31.8. The van der Waals surface area contributed by atoms with Gasteiger partial charge in [0.2, 0.25) is 11.8 Å². The molecule has 2 saturated heterocycles. The first kappa shape index (κ1) is 38.0. The van der Waals surface area contributed by atoms with Crippen LogP contribution < -0.4 is 10.1 Å². The summed E-state index contributed by atoms with van der Waals surface area (Å²) in [4.78, 5) is 43.8. The van der Waals surface area contributed by atoms with Crippen molar-refractivity contribution in [1.29, 1.82) is 0 Å². The van der Waals surface area contributed by atoms with Crippen LogP contribution in [0, 0.1) is 0 Å². The van der Waals surface area contributed by atoms with Gasteiger partial charge in [-0.25, -0.2) is 0 Å². The molecule has 0 saturated carbocycles. The van der Waals surface area contributed by atoms with E-state index in [0.29, 0.717) is 25.1 Å². The molecular weight excluding hydrogens is 689 g/mol. The molecule has 0 radical (unpaired) electrons. The minimum Gasteiger partial charge on any atom is -0.508 e. The number of hydrogen-bond donors (Lipinski definition) is 2. The molecule has 286 valence electrons. The van der Waals surface area contributed by atoms with Gasteiger partial charge in [0.05, 0.1) is 6.61 Å². The molecule has 3 aliphatic rings. The lowest BCUT2D eigenvalue weighted by molar-refractivity contribution is -0.136. The van der Waals surface area contributed by atoms with Crippen LogP contribution in [-0.4, -0.2) is 89.4 Å². The van der Waals surface area contributed by atoms with Crippen LogP contribution in [0.25, 0.3) is 11.1 Å². The second kappa shape index (κ2) is 17.9. The Kier molecular flexibility index (Phi) is 12.4. The lowest BCUT2D eigenvalue weighted by Crippen LogP contribution is -2.52. The first-order valence-corrected chi connectivity index (χ1v) is 19.9. The molecule has 0 bridgehead atoms. The van der Waals surface area contributed by atoms with Crippen molar-refractivity contribution in [3.63, 3.8) is 0 Å². The molecule has 2 fully saturated rings. The van der Waals surface area contributed by atoms with Crippen LogP contribution in [0.4, 0.5) is 0 Å². The number of ether oxygens (including phenoxy) is 1. The number of hydrogen-bond acceptors (Lipinski definition) is 7. The predicted octanol–water partition coefficient (Wildman–Crippen LogP) is 6.93. The number of carbonyl (C=O) groups excluding carboxylic acids is 3. The zero-order chi connectivity index (χ0) is 38.1. The molecular formula is C46H52N4O5. The molecule has 3 heterocycles. The van der Waals surface area contributed by atoms with E-state index in [9.17, 15) is 19.5 Å². The summed E-state index contributed by atoms with van der Waals surface area (Å²) in [5, 5.41) is 12.3. The molecule has 0 aliphatic carbocycles. The van der Waals surface area contributed by atoms with E-state index in [0.717, 1.165) is 99.4 Å². The standard InChI is InChI=1S/C46H52N4O5/c1-2-40(34-9-4-3-5-10-34)44(35-12-16-38(51)17-13-35)36-14-18-39(19-15-36)55-30-7-6-24-48-25-8-26-49(29-28-48)27-23-33-11-20-41-37(31-33)32-50(46(41)54)42-21-22-43(52)47-45(42)53/h3-5,9-20,31,42,51H,2,6-8,21-30,32H2,1H3,(H,47,52,53). The Morgan fingerprint density at radius 3 is 2.22 bits per heavy atom. The first-order valence-electron chi connectivity index (χ1n) is 19.9. The van der Waals surface area contributed by atoms with E-state index < -0.39 is 6.04 Å². The van der Waals surface area contributed by atoms with E-state index in [1.165, 1.54) is 16.7 Å². The Bertz CT molecular complexity index is 1990. The van der Waals surface area contributed by atoms with Crippen molar-refractivity contribution in [3.05, 3.63) is 130 Å². The quantitative estimate of drug-likeness (QED) is 0.0822. The van der Waals surface area contributed by atoms with Crippen molar-refractivity contribution in [3.8, 4) is 11.5 Å². The van der Waals surface area contributed by atoms with Crippen LogP contribution in [0.2, 0.25) is 0 Å². The Labute approximate surface area is 324 Å². The molecule has 7 rings (SSSR count). The summed E-state index contributed by atoms with van der Waals surface area (Å²) in [6.45, 7) is 9.61. The first-order chi connectivity index (χ1) is 26.9. The minimum absolute atomic E-state index is 0.122. The Balaban J connectivity index is 0.847. The number of allylic oxidation sites excluding steroid dienone is 1. The molecule has 4 aromatic carbocycles. The summed E-state index contributed by atoms with van der Waals surface area (Å²) in [7, 11) is 0. The number of unbranched alkanes of at least 4 members (excludes halogenated alkanes) is 1. The number of imide groups is 1. The van der Waals surface area contributed by atoms with Crippen LogP contribution in [0.15, 0.2) is 97.1 Å². The number of phenols is 1. The van der Waals surface area contributed by atoms with Gasteiger partial charge in [0.1, 0.15) is 17.5 Å². The lowest BCUT2D eigenvalue weighted by Gasteiger charge is -2.29. The van der Waals surface area contributed by atoms with Crippen molar-refractivity contribution in [2.75, 3.05) is 45.9 Å². The number of nitrogens with zero attached hydrogens (tertiary/aromatic N) is 3. The molecule has 55 heavy (non-hydrogen) atoms. The molecule has 0 aromatic heterocycles. The molecule has 9 heteroatoms. The maximum Gasteiger partial charge on any atom is 0.255 e. The van der Waals surface area contributed by atoms with Crippen LogP contribution in [-0.2, 0) is 22.6 Å². The summed E-state index contributed by atoms with van der Waals surface area (Å²) in [5.41, 5.74) is 8.66. The van der Waals surface area contributed by atoms with Gasteiger partial charge < -0.3 is 24.5 Å². The SMILES string of the molecule is CCC(=C(c1ccc(O)cc1)c1ccc(OCCCCN2CCCN(CCc3ccc4c(c3)CN(C3CCC(=O)NC3=O)C4=O)CC2)cc1)c1ccccc1. The van der Waals surface area contributed by atoms with Gasteiger partial charge in [-0.1, -0.05) is 73.7 Å². The summed E-state index contributed by atoms with van der Waals surface area (Å²) >= 11 is 0. The minimum atomic E-state index is -0.582. The number of rotatable bonds is 14. The van der Waals surface area contributed by atoms with E-state index >= 15 is 0 Å². The van der Waals surface area contributed by atoms with Gasteiger partial charge in [-0.05, 0) is 127 Å². The third-order valence-corrected chi connectivity index (χ3v) is 11.2. The smallest absolute Gasteiger partial charge is 0.255 e. The normalized spacial score (nSPS) is 18.5. The average Bonchev–Trinajstić information content (AvgIpc) is 3.35. The highest BCUT2D eigenvalue weighted by molar-refractivity contribution is 6.05. The number of piperidine rings is 1. The number of amides is 3. The third kappa shape index (κ3) is 9.35. The fraction of sp³-hybridized carbons (Fsp3) is 0.370. The van der Waals surface area contributed by atoms with E-state index in [-0.39, 0.29) is 29.9 Å². The number of aromatic hydroxyl groups is 1. The van der Waals surface area contributed by atoms with Crippen molar-refractivity contribution < 1.29 is 24.2 Å². The molecule has 3 amide bonds. The zero-order valence-corrected chi connectivity index (χ0v) is 31.8. The highest BCUT2D eigenvalue weighted by atomic mass is 16.5. The van der Waals surface area contributed by atoms with Gasteiger partial charge in [0, 0.05) is 38.2 Å². The highest BCUT2D eigenvalue weighted by Gasteiger charge is 2.39. The number of fused-ring (bicyclic) bond motifs is 1. The number of nitrogens with one attached hydrogen (secondary N) is 1. The second-order valence-electron chi connectivity index (χ2n) is 14.9. The molecule has 2 N–H and O–H groups in total. The van der Waals surface area contributed by atoms with Crippen molar-refractivity contribution in [1.82, 2.24) is 20.0 Å². The molecule has 0 spiro atoms.